The Morgan fingerprint density at radius 2 is 1.95 bits per heavy atom. The summed E-state index contributed by atoms with van der Waals surface area (Å²) in [6, 6.07) is 8.42. The summed E-state index contributed by atoms with van der Waals surface area (Å²) >= 11 is 0. The van der Waals surface area contributed by atoms with Crippen LogP contribution in [0, 0.1) is 11.3 Å². The van der Waals surface area contributed by atoms with Gasteiger partial charge >= 0.3 is 0 Å². The van der Waals surface area contributed by atoms with Gasteiger partial charge in [0.25, 0.3) is 0 Å². The number of nitrogens with zero attached hydrogens (tertiary/aromatic N) is 1. The largest absolute Gasteiger partial charge is 0.382 e. The normalized spacial score (nSPS) is 12.8. The lowest BCUT2D eigenvalue weighted by Gasteiger charge is -2.15. The highest BCUT2D eigenvalue weighted by Gasteiger charge is 2.15. The van der Waals surface area contributed by atoms with Gasteiger partial charge in [0.15, 0.2) is 0 Å². The Morgan fingerprint density at radius 3 is 2.45 bits per heavy atom. The van der Waals surface area contributed by atoms with Crippen molar-refractivity contribution in [3.05, 3.63) is 35.4 Å². The summed E-state index contributed by atoms with van der Waals surface area (Å²) in [5.74, 6) is -0.137. The molecule has 20 heavy (non-hydrogen) atoms. The number of nitriles is 1. The summed E-state index contributed by atoms with van der Waals surface area (Å²) in [7, 11) is -0.422. The molecular weight excluding hydrogens is 280 g/mol. The summed E-state index contributed by atoms with van der Waals surface area (Å²) < 4.78 is 36.3. The topological polar surface area (TPSA) is 88.4 Å². The number of hydrogen-bond acceptors (Lipinski definition) is 5. The van der Waals surface area contributed by atoms with Crippen molar-refractivity contribution >= 4 is 10.0 Å². The van der Waals surface area contributed by atoms with Crippen LogP contribution in [0.15, 0.2) is 24.3 Å². The maximum atomic E-state index is 11.9. The highest BCUT2D eigenvalue weighted by atomic mass is 32.2. The molecular formula is C13H18N2O4S. The molecule has 0 bridgehead atoms. The second-order valence-electron chi connectivity index (χ2n) is 4.23. The highest BCUT2D eigenvalue weighted by Crippen LogP contribution is 2.07. The van der Waals surface area contributed by atoms with Gasteiger partial charge in [0.1, 0.15) is 0 Å². The lowest BCUT2D eigenvalue weighted by molar-refractivity contribution is 0.0320. The minimum Gasteiger partial charge on any atom is -0.382 e. The fraction of sp³-hybridized carbons (Fsp3) is 0.462. The summed E-state index contributed by atoms with van der Waals surface area (Å²) in [5.41, 5.74) is 1.12. The fourth-order valence-corrected chi connectivity index (χ4v) is 2.74. The van der Waals surface area contributed by atoms with E-state index in [4.69, 9.17) is 14.7 Å². The first-order valence-corrected chi connectivity index (χ1v) is 7.64. The van der Waals surface area contributed by atoms with Crippen LogP contribution in [0.4, 0.5) is 0 Å². The molecule has 0 aromatic heterocycles. The van der Waals surface area contributed by atoms with E-state index in [9.17, 15) is 8.42 Å². The smallest absolute Gasteiger partial charge is 0.215 e. The van der Waals surface area contributed by atoms with E-state index in [0.29, 0.717) is 17.7 Å². The SMILES string of the molecule is COCC(CNS(=O)(=O)Cc1ccc(C#N)cc1)OC. The number of ether oxygens (including phenoxy) is 2. The number of hydrogen-bond donors (Lipinski definition) is 1. The Morgan fingerprint density at radius 1 is 1.30 bits per heavy atom. The van der Waals surface area contributed by atoms with Crippen molar-refractivity contribution in [2.75, 3.05) is 27.4 Å². The average molecular weight is 298 g/mol. The molecule has 0 aliphatic rings. The van der Waals surface area contributed by atoms with E-state index in [1.165, 1.54) is 14.2 Å². The van der Waals surface area contributed by atoms with E-state index in [-0.39, 0.29) is 18.4 Å². The van der Waals surface area contributed by atoms with Gasteiger partial charge in [0.05, 0.1) is 30.1 Å². The molecule has 0 fully saturated rings. The van der Waals surface area contributed by atoms with Gasteiger partial charge in [-0.25, -0.2) is 13.1 Å². The van der Waals surface area contributed by atoms with Crippen molar-refractivity contribution < 1.29 is 17.9 Å². The second kappa shape index (κ2) is 7.97. The zero-order valence-electron chi connectivity index (χ0n) is 11.5. The predicted molar refractivity (Wildman–Crippen MR) is 74.5 cm³/mol. The molecule has 1 unspecified atom stereocenters. The van der Waals surface area contributed by atoms with Gasteiger partial charge in [-0.3, -0.25) is 0 Å². The molecule has 7 heteroatoms. The van der Waals surface area contributed by atoms with Crippen LogP contribution in [0.5, 0.6) is 0 Å². The molecule has 0 radical (unpaired) electrons. The van der Waals surface area contributed by atoms with Gasteiger partial charge in [0, 0.05) is 20.8 Å². The maximum absolute atomic E-state index is 11.9. The third kappa shape index (κ3) is 5.67. The lowest BCUT2D eigenvalue weighted by Crippen LogP contribution is -2.36. The summed E-state index contributed by atoms with van der Waals surface area (Å²) in [6.45, 7) is 0.471. The zero-order valence-corrected chi connectivity index (χ0v) is 12.3. The van der Waals surface area contributed by atoms with Crippen LogP contribution in [0.3, 0.4) is 0 Å². The first kappa shape index (κ1) is 16.6. The van der Waals surface area contributed by atoms with Crippen LogP contribution >= 0.6 is 0 Å². The minimum atomic E-state index is -3.45. The summed E-state index contributed by atoms with van der Waals surface area (Å²) in [5, 5.41) is 8.68. The van der Waals surface area contributed by atoms with Gasteiger partial charge in [-0.05, 0) is 17.7 Å². The number of sulfonamides is 1. The van der Waals surface area contributed by atoms with Crippen LogP contribution in [0.1, 0.15) is 11.1 Å². The number of rotatable bonds is 8. The molecule has 1 aromatic carbocycles. The van der Waals surface area contributed by atoms with E-state index in [2.05, 4.69) is 4.72 Å². The van der Waals surface area contributed by atoms with Crippen molar-refractivity contribution in [3.8, 4) is 6.07 Å². The van der Waals surface area contributed by atoms with Crippen LogP contribution in [0.2, 0.25) is 0 Å². The first-order chi connectivity index (χ1) is 9.50. The third-order valence-electron chi connectivity index (χ3n) is 2.66. The zero-order chi connectivity index (χ0) is 15.0. The quantitative estimate of drug-likeness (QED) is 0.761. The van der Waals surface area contributed by atoms with Gasteiger partial charge in [-0.15, -0.1) is 0 Å². The van der Waals surface area contributed by atoms with Crippen LogP contribution < -0.4 is 4.72 Å². The number of methoxy groups -OCH3 is 2. The van der Waals surface area contributed by atoms with Crippen LogP contribution in [-0.2, 0) is 25.2 Å². The van der Waals surface area contributed by atoms with E-state index in [0.717, 1.165) is 0 Å². The fourth-order valence-electron chi connectivity index (χ4n) is 1.56. The standard InChI is InChI=1S/C13H18N2O4S/c1-18-9-13(19-2)8-15-20(16,17)10-12-5-3-11(7-14)4-6-12/h3-6,13,15H,8-10H2,1-2H3. The molecule has 1 atom stereocenters. The molecule has 0 heterocycles. The Bertz CT molecular complexity index is 549. The van der Waals surface area contributed by atoms with Crippen LogP contribution in [-0.4, -0.2) is 41.9 Å². The molecule has 1 rings (SSSR count). The van der Waals surface area contributed by atoms with Gasteiger partial charge in [-0.2, -0.15) is 5.26 Å². The van der Waals surface area contributed by atoms with E-state index in [1.54, 1.807) is 24.3 Å². The van der Waals surface area contributed by atoms with Crippen molar-refractivity contribution in [1.82, 2.24) is 4.72 Å². The van der Waals surface area contributed by atoms with Gasteiger partial charge in [0.2, 0.25) is 10.0 Å². The third-order valence-corrected chi connectivity index (χ3v) is 3.98. The maximum Gasteiger partial charge on any atom is 0.215 e. The molecule has 6 nitrogen and oxygen atoms in total. The Hall–Kier alpha value is -1.46. The molecule has 1 aromatic rings. The second-order valence-corrected chi connectivity index (χ2v) is 6.04. The first-order valence-electron chi connectivity index (χ1n) is 5.99. The van der Waals surface area contributed by atoms with E-state index in [1.807, 2.05) is 6.07 Å². The highest BCUT2D eigenvalue weighted by molar-refractivity contribution is 7.88. The predicted octanol–water partition coefficient (Wildman–Crippen LogP) is 0.639. The molecule has 110 valence electrons. The Kier molecular flexibility index (Phi) is 6.61. The van der Waals surface area contributed by atoms with Crippen molar-refractivity contribution in [3.63, 3.8) is 0 Å². The van der Waals surface area contributed by atoms with Crippen molar-refractivity contribution in [1.29, 1.82) is 5.26 Å². The van der Waals surface area contributed by atoms with Crippen molar-refractivity contribution in [2.45, 2.75) is 11.9 Å². The molecule has 0 amide bonds. The molecule has 1 N–H and O–H groups in total. The van der Waals surface area contributed by atoms with Gasteiger partial charge in [-0.1, -0.05) is 12.1 Å². The molecule has 0 saturated heterocycles. The van der Waals surface area contributed by atoms with Crippen molar-refractivity contribution in [2.24, 2.45) is 0 Å². The number of nitrogens with one attached hydrogen (secondary N) is 1. The Balaban J connectivity index is 2.58. The molecule has 0 aliphatic carbocycles. The minimum absolute atomic E-state index is 0.137. The number of benzene rings is 1. The summed E-state index contributed by atoms with van der Waals surface area (Å²) in [6.07, 6.45) is -0.323. The van der Waals surface area contributed by atoms with E-state index < -0.39 is 10.0 Å². The monoisotopic (exact) mass is 298 g/mol. The van der Waals surface area contributed by atoms with Crippen LogP contribution in [0.25, 0.3) is 0 Å². The summed E-state index contributed by atoms with van der Waals surface area (Å²) in [4.78, 5) is 0. The molecule has 0 saturated carbocycles. The lowest BCUT2D eigenvalue weighted by atomic mass is 10.2. The van der Waals surface area contributed by atoms with E-state index >= 15 is 0 Å². The molecule has 0 aliphatic heterocycles. The Labute approximate surface area is 119 Å². The molecule has 0 spiro atoms. The van der Waals surface area contributed by atoms with Gasteiger partial charge < -0.3 is 9.47 Å². The average Bonchev–Trinajstić information content (AvgIpc) is 2.44.